The average Bonchev–Trinajstić information content (AvgIpc) is 3.32. The lowest BCUT2D eigenvalue weighted by Crippen LogP contribution is -2.44. The number of nitrogens with one attached hydrogen (secondary N) is 2. The van der Waals surface area contributed by atoms with Crippen LogP contribution >= 0.6 is 0 Å². The minimum Gasteiger partial charge on any atom is -0.467 e. The Labute approximate surface area is 148 Å². The van der Waals surface area contributed by atoms with Gasteiger partial charge in [0.15, 0.2) is 5.96 Å². The number of benzene rings is 1. The molecule has 0 bridgehead atoms. The van der Waals surface area contributed by atoms with Crippen LogP contribution < -0.4 is 15.5 Å². The van der Waals surface area contributed by atoms with Gasteiger partial charge in [-0.15, -0.1) is 0 Å². The van der Waals surface area contributed by atoms with Gasteiger partial charge in [0.1, 0.15) is 11.9 Å². The lowest BCUT2D eigenvalue weighted by Gasteiger charge is -2.20. The molecule has 2 aromatic rings. The lowest BCUT2D eigenvalue weighted by molar-refractivity contribution is 0.158. The van der Waals surface area contributed by atoms with E-state index in [2.05, 4.69) is 44.8 Å². The highest BCUT2D eigenvalue weighted by Gasteiger charge is 2.23. The number of guanidine groups is 1. The molecule has 0 saturated carbocycles. The van der Waals surface area contributed by atoms with Crippen LogP contribution in [0.2, 0.25) is 0 Å². The van der Waals surface area contributed by atoms with E-state index in [1.54, 1.807) is 18.4 Å². The molecule has 134 valence electrons. The summed E-state index contributed by atoms with van der Waals surface area (Å²) in [5.41, 5.74) is 1.25. The van der Waals surface area contributed by atoms with Crippen LogP contribution in [0, 0.1) is 0 Å². The highest BCUT2D eigenvalue weighted by Crippen LogP contribution is 2.19. The number of nitrogens with zero attached hydrogens (tertiary/aromatic N) is 2. The van der Waals surface area contributed by atoms with Gasteiger partial charge in [0.2, 0.25) is 0 Å². The van der Waals surface area contributed by atoms with Gasteiger partial charge in [-0.1, -0.05) is 18.2 Å². The summed E-state index contributed by atoms with van der Waals surface area (Å²) in [4.78, 5) is 6.87. The summed E-state index contributed by atoms with van der Waals surface area (Å²) < 4.78 is 5.22. The fourth-order valence-electron chi connectivity index (χ4n) is 3.01. The smallest absolute Gasteiger partial charge is 0.191 e. The number of rotatable bonds is 6. The molecule has 1 aliphatic rings. The van der Waals surface area contributed by atoms with Crippen molar-refractivity contribution >= 4 is 11.6 Å². The van der Waals surface area contributed by atoms with Crippen molar-refractivity contribution < 1.29 is 9.52 Å². The maximum Gasteiger partial charge on any atom is 0.191 e. The van der Waals surface area contributed by atoms with Gasteiger partial charge in [0.25, 0.3) is 0 Å². The van der Waals surface area contributed by atoms with E-state index in [4.69, 9.17) is 4.42 Å². The highest BCUT2D eigenvalue weighted by molar-refractivity contribution is 5.80. The van der Waals surface area contributed by atoms with E-state index in [9.17, 15) is 5.11 Å². The Hall–Kier alpha value is -2.47. The van der Waals surface area contributed by atoms with Crippen molar-refractivity contribution in [2.45, 2.75) is 25.5 Å². The summed E-state index contributed by atoms with van der Waals surface area (Å²) in [6.07, 6.45) is 1.89. The van der Waals surface area contributed by atoms with Crippen molar-refractivity contribution in [3.63, 3.8) is 0 Å². The largest absolute Gasteiger partial charge is 0.467 e. The van der Waals surface area contributed by atoms with Crippen molar-refractivity contribution in [3.8, 4) is 0 Å². The van der Waals surface area contributed by atoms with E-state index < -0.39 is 6.10 Å². The molecule has 1 aromatic heterocycles. The molecule has 0 amide bonds. The zero-order valence-corrected chi connectivity index (χ0v) is 14.6. The van der Waals surface area contributed by atoms with Crippen molar-refractivity contribution in [1.29, 1.82) is 0 Å². The Morgan fingerprint density at radius 2 is 2.16 bits per heavy atom. The summed E-state index contributed by atoms with van der Waals surface area (Å²) in [5.74, 6) is 1.27. The first kappa shape index (κ1) is 17.4. The number of furan rings is 1. The molecule has 6 heteroatoms. The molecule has 1 fully saturated rings. The van der Waals surface area contributed by atoms with E-state index in [0.717, 1.165) is 32.0 Å². The first-order chi connectivity index (χ1) is 12.3. The minimum absolute atomic E-state index is 0.262. The van der Waals surface area contributed by atoms with Gasteiger partial charge in [-0.2, -0.15) is 0 Å². The Morgan fingerprint density at radius 3 is 2.88 bits per heavy atom. The van der Waals surface area contributed by atoms with Crippen LogP contribution in [0.5, 0.6) is 0 Å². The van der Waals surface area contributed by atoms with Crippen molar-refractivity contribution in [2.75, 3.05) is 31.1 Å². The Bertz CT molecular complexity index is 657. The monoisotopic (exact) mass is 342 g/mol. The number of para-hydroxylation sites is 1. The summed E-state index contributed by atoms with van der Waals surface area (Å²) in [6.45, 7) is 5.03. The number of hydrogen-bond acceptors (Lipinski definition) is 4. The molecule has 0 spiro atoms. The van der Waals surface area contributed by atoms with Crippen molar-refractivity contribution in [3.05, 3.63) is 54.5 Å². The fraction of sp³-hybridized carbons (Fsp3) is 0.421. The van der Waals surface area contributed by atoms with Gasteiger partial charge in [0, 0.05) is 31.4 Å². The molecule has 0 aliphatic carbocycles. The average molecular weight is 342 g/mol. The summed E-state index contributed by atoms with van der Waals surface area (Å²) in [5, 5.41) is 16.8. The molecule has 1 saturated heterocycles. The number of hydrogen-bond donors (Lipinski definition) is 3. The SMILES string of the molecule is CCNC(=NCC(O)c1ccco1)NC1CCN(c2ccccc2)C1. The molecule has 1 aromatic carbocycles. The molecule has 1 aliphatic heterocycles. The van der Waals surface area contributed by atoms with E-state index in [-0.39, 0.29) is 6.54 Å². The number of aliphatic hydroxyl groups is 1. The summed E-state index contributed by atoms with van der Waals surface area (Å²) in [6, 6.07) is 14.3. The number of anilines is 1. The molecule has 2 heterocycles. The van der Waals surface area contributed by atoms with Gasteiger partial charge < -0.3 is 25.1 Å². The van der Waals surface area contributed by atoms with Crippen LogP contribution in [-0.2, 0) is 0 Å². The predicted molar refractivity (Wildman–Crippen MR) is 99.8 cm³/mol. The van der Waals surface area contributed by atoms with Crippen LogP contribution in [-0.4, -0.2) is 43.3 Å². The molecule has 0 radical (unpaired) electrons. The molecule has 2 atom stereocenters. The van der Waals surface area contributed by atoms with Crippen LogP contribution in [0.4, 0.5) is 5.69 Å². The normalized spacial score (nSPS) is 19.0. The molecular formula is C19H26N4O2. The Balaban J connectivity index is 1.56. The van der Waals surface area contributed by atoms with Crippen molar-refractivity contribution in [2.24, 2.45) is 4.99 Å². The van der Waals surface area contributed by atoms with E-state index in [1.165, 1.54) is 5.69 Å². The van der Waals surface area contributed by atoms with E-state index in [0.29, 0.717) is 11.8 Å². The van der Waals surface area contributed by atoms with Crippen LogP contribution in [0.15, 0.2) is 58.1 Å². The summed E-state index contributed by atoms with van der Waals surface area (Å²) in [7, 11) is 0. The maximum atomic E-state index is 10.1. The Kier molecular flexibility index (Phi) is 5.95. The zero-order chi connectivity index (χ0) is 17.5. The quantitative estimate of drug-likeness (QED) is 0.554. The first-order valence-corrected chi connectivity index (χ1v) is 8.82. The predicted octanol–water partition coefficient (Wildman–Crippen LogP) is 2.15. The third-order valence-corrected chi connectivity index (χ3v) is 4.29. The van der Waals surface area contributed by atoms with Crippen molar-refractivity contribution in [1.82, 2.24) is 10.6 Å². The number of aliphatic imine (C=N–C) groups is 1. The molecule has 6 nitrogen and oxygen atoms in total. The maximum absolute atomic E-state index is 10.1. The molecule has 3 rings (SSSR count). The van der Waals surface area contributed by atoms with Gasteiger partial charge in [-0.3, -0.25) is 4.99 Å². The minimum atomic E-state index is -0.727. The molecule has 3 N–H and O–H groups in total. The Morgan fingerprint density at radius 1 is 1.32 bits per heavy atom. The van der Waals surface area contributed by atoms with Crippen LogP contribution in [0.3, 0.4) is 0 Å². The molecular weight excluding hydrogens is 316 g/mol. The highest BCUT2D eigenvalue weighted by atomic mass is 16.4. The third kappa shape index (κ3) is 4.76. The van der Waals surface area contributed by atoms with E-state index >= 15 is 0 Å². The van der Waals surface area contributed by atoms with Gasteiger partial charge in [-0.25, -0.2) is 0 Å². The fourth-order valence-corrected chi connectivity index (χ4v) is 3.01. The number of aliphatic hydroxyl groups excluding tert-OH is 1. The van der Waals surface area contributed by atoms with Gasteiger partial charge >= 0.3 is 0 Å². The van der Waals surface area contributed by atoms with Gasteiger partial charge in [0.05, 0.1) is 12.8 Å². The standard InChI is InChI=1S/C19H26N4O2/c1-2-20-19(21-13-17(24)18-9-6-12-25-18)22-15-10-11-23(14-15)16-7-4-3-5-8-16/h3-9,12,15,17,24H,2,10-11,13-14H2,1H3,(H2,20,21,22). The van der Waals surface area contributed by atoms with E-state index in [1.807, 2.05) is 13.0 Å². The summed E-state index contributed by atoms with van der Waals surface area (Å²) >= 11 is 0. The lowest BCUT2D eigenvalue weighted by atomic mass is 10.2. The second-order valence-electron chi connectivity index (χ2n) is 6.16. The molecule has 25 heavy (non-hydrogen) atoms. The second kappa shape index (κ2) is 8.58. The molecule has 2 unspecified atom stereocenters. The van der Waals surface area contributed by atoms with Crippen LogP contribution in [0.1, 0.15) is 25.2 Å². The zero-order valence-electron chi connectivity index (χ0n) is 14.6. The first-order valence-electron chi connectivity index (χ1n) is 8.82. The van der Waals surface area contributed by atoms with Gasteiger partial charge in [-0.05, 0) is 37.6 Å². The second-order valence-corrected chi connectivity index (χ2v) is 6.16. The van der Waals surface area contributed by atoms with Crippen LogP contribution in [0.25, 0.3) is 0 Å². The third-order valence-electron chi connectivity index (χ3n) is 4.29. The topological polar surface area (TPSA) is 73.0 Å².